The van der Waals surface area contributed by atoms with Gasteiger partial charge in [0.25, 0.3) is 6.43 Å². The molecule has 0 saturated heterocycles. The molecule has 0 amide bonds. The van der Waals surface area contributed by atoms with Gasteiger partial charge < -0.3 is 0 Å². The number of halogens is 4. The molecule has 0 radical (unpaired) electrons. The molecule has 1 heterocycles. The highest BCUT2D eigenvalue weighted by atomic mass is 127. The van der Waals surface area contributed by atoms with Crippen LogP contribution in [-0.4, -0.2) is 4.98 Å². The molecule has 0 fully saturated rings. The lowest BCUT2D eigenvalue weighted by Gasteiger charge is -2.05. The van der Waals surface area contributed by atoms with Crippen LogP contribution in [0.4, 0.5) is 13.2 Å². The fourth-order valence-corrected chi connectivity index (χ4v) is 1.41. The van der Waals surface area contributed by atoms with Crippen LogP contribution in [0.1, 0.15) is 17.7 Å². The van der Waals surface area contributed by atoms with E-state index in [1.807, 2.05) is 0 Å². The third-order valence-electron chi connectivity index (χ3n) is 1.40. The van der Waals surface area contributed by atoms with Crippen molar-refractivity contribution in [1.29, 1.82) is 0 Å². The second kappa shape index (κ2) is 3.59. The number of hydrogen-bond donors (Lipinski definition) is 0. The molecule has 0 aliphatic heterocycles. The van der Waals surface area contributed by atoms with Gasteiger partial charge >= 0.3 is 0 Å². The highest BCUT2D eigenvalue weighted by Crippen LogP contribution is 2.27. The fraction of sp³-hybridized carbons (Fsp3) is 0.286. The highest BCUT2D eigenvalue weighted by molar-refractivity contribution is 14.1. The lowest BCUT2D eigenvalue weighted by Crippen LogP contribution is -1.99. The maximum atomic E-state index is 12.7. The van der Waals surface area contributed by atoms with Gasteiger partial charge in [-0.15, -0.1) is 0 Å². The first kappa shape index (κ1) is 9.76. The lowest BCUT2D eigenvalue weighted by atomic mass is 10.2. The Kier molecular flexibility index (Phi) is 2.92. The second-order valence-corrected chi connectivity index (χ2v) is 3.30. The standard InChI is InChI=1S/C7H5F3IN/c1-3-6(11)5(7(9)10)4(8)2-12-3/h2,7H,1H3. The predicted molar refractivity (Wildman–Crippen MR) is 46.6 cm³/mol. The van der Waals surface area contributed by atoms with E-state index in [1.54, 1.807) is 29.5 Å². The SMILES string of the molecule is Cc1ncc(F)c(C(F)F)c1I. The van der Waals surface area contributed by atoms with Crippen molar-refractivity contribution in [2.24, 2.45) is 0 Å². The maximum Gasteiger partial charge on any atom is 0.267 e. The van der Waals surface area contributed by atoms with Gasteiger partial charge in [0.2, 0.25) is 0 Å². The number of aryl methyl sites for hydroxylation is 1. The fourth-order valence-electron chi connectivity index (χ4n) is 0.779. The van der Waals surface area contributed by atoms with Gasteiger partial charge in [-0.3, -0.25) is 4.98 Å². The van der Waals surface area contributed by atoms with Crippen LogP contribution < -0.4 is 0 Å². The van der Waals surface area contributed by atoms with E-state index >= 15 is 0 Å². The van der Waals surface area contributed by atoms with Crippen LogP contribution in [0.15, 0.2) is 6.20 Å². The van der Waals surface area contributed by atoms with Crippen LogP contribution in [0.5, 0.6) is 0 Å². The van der Waals surface area contributed by atoms with Crippen molar-refractivity contribution in [2.75, 3.05) is 0 Å². The predicted octanol–water partition coefficient (Wildman–Crippen LogP) is 3.07. The molecule has 66 valence electrons. The van der Waals surface area contributed by atoms with E-state index in [0.29, 0.717) is 5.69 Å². The van der Waals surface area contributed by atoms with Crippen LogP contribution in [0.2, 0.25) is 0 Å². The van der Waals surface area contributed by atoms with Crippen molar-refractivity contribution in [3.63, 3.8) is 0 Å². The molecule has 0 saturated carbocycles. The van der Waals surface area contributed by atoms with E-state index in [4.69, 9.17) is 0 Å². The quantitative estimate of drug-likeness (QED) is 0.723. The Morgan fingerprint density at radius 3 is 2.50 bits per heavy atom. The molecule has 0 aliphatic rings. The summed E-state index contributed by atoms with van der Waals surface area (Å²) in [5.74, 6) is -0.944. The van der Waals surface area contributed by atoms with Crippen molar-refractivity contribution in [2.45, 2.75) is 13.3 Å². The molecule has 0 N–H and O–H groups in total. The molecule has 12 heavy (non-hydrogen) atoms. The summed E-state index contributed by atoms with van der Waals surface area (Å²) in [6.45, 7) is 1.56. The van der Waals surface area contributed by atoms with E-state index in [9.17, 15) is 13.2 Å². The number of pyridine rings is 1. The van der Waals surface area contributed by atoms with Crippen LogP contribution in [0.25, 0.3) is 0 Å². The molecule has 5 heteroatoms. The Hall–Kier alpha value is -0.330. The molecule has 0 bridgehead atoms. The Balaban J connectivity index is 3.33. The minimum atomic E-state index is -2.78. The van der Waals surface area contributed by atoms with Gasteiger partial charge in [0.15, 0.2) is 5.82 Å². The first-order valence-electron chi connectivity index (χ1n) is 3.12. The molecule has 0 atom stereocenters. The molecule has 1 nitrogen and oxygen atoms in total. The molecule has 1 aromatic heterocycles. The third-order valence-corrected chi connectivity index (χ3v) is 2.76. The molecule has 1 aromatic rings. The Labute approximate surface area is 81.1 Å². The summed E-state index contributed by atoms with van der Waals surface area (Å²) in [6.07, 6.45) is -1.96. The third kappa shape index (κ3) is 1.70. The van der Waals surface area contributed by atoms with E-state index in [1.165, 1.54) is 0 Å². The van der Waals surface area contributed by atoms with Gasteiger partial charge in [0.05, 0.1) is 17.5 Å². The Bertz CT molecular complexity index is 301. The van der Waals surface area contributed by atoms with Gasteiger partial charge in [0, 0.05) is 3.57 Å². The largest absolute Gasteiger partial charge is 0.267 e. The normalized spacial score (nSPS) is 10.8. The number of aromatic nitrogens is 1. The van der Waals surface area contributed by atoms with E-state index < -0.39 is 17.8 Å². The summed E-state index contributed by atoms with van der Waals surface area (Å²) in [5, 5.41) is 0. The minimum Gasteiger partial charge on any atom is -0.257 e. The topological polar surface area (TPSA) is 12.9 Å². The van der Waals surface area contributed by atoms with E-state index in [-0.39, 0.29) is 3.57 Å². The summed E-state index contributed by atoms with van der Waals surface area (Å²) in [6, 6.07) is 0. The van der Waals surface area contributed by atoms with Crippen molar-refractivity contribution < 1.29 is 13.2 Å². The summed E-state index contributed by atoms with van der Waals surface area (Å²) >= 11 is 1.66. The van der Waals surface area contributed by atoms with Crippen LogP contribution >= 0.6 is 22.6 Å². The molecule has 0 aliphatic carbocycles. The molecule has 0 aromatic carbocycles. The average Bonchev–Trinajstić information content (AvgIpc) is 1.97. The molecule has 0 spiro atoms. The molecular formula is C7H5F3IN. The molecule has 1 rings (SSSR count). The van der Waals surface area contributed by atoms with E-state index in [0.717, 1.165) is 6.20 Å². The minimum absolute atomic E-state index is 0.197. The zero-order valence-corrected chi connectivity index (χ0v) is 8.27. The average molecular weight is 287 g/mol. The van der Waals surface area contributed by atoms with Gasteiger partial charge in [-0.05, 0) is 29.5 Å². The highest BCUT2D eigenvalue weighted by Gasteiger charge is 2.18. The smallest absolute Gasteiger partial charge is 0.257 e. The van der Waals surface area contributed by atoms with Gasteiger partial charge in [-0.2, -0.15) is 0 Å². The van der Waals surface area contributed by atoms with Gasteiger partial charge in [-0.25, -0.2) is 13.2 Å². The monoisotopic (exact) mass is 287 g/mol. The Morgan fingerprint density at radius 2 is 2.08 bits per heavy atom. The lowest BCUT2D eigenvalue weighted by molar-refractivity contribution is 0.145. The first-order valence-corrected chi connectivity index (χ1v) is 4.20. The van der Waals surface area contributed by atoms with Crippen molar-refractivity contribution in [3.8, 4) is 0 Å². The summed E-state index contributed by atoms with van der Waals surface area (Å²) < 4.78 is 37.3. The number of rotatable bonds is 1. The summed E-state index contributed by atoms with van der Waals surface area (Å²) in [5.41, 5.74) is -0.129. The zero-order valence-electron chi connectivity index (χ0n) is 6.11. The first-order chi connectivity index (χ1) is 5.54. The van der Waals surface area contributed by atoms with Crippen molar-refractivity contribution in [3.05, 3.63) is 26.8 Å². The summed E-state index contributed by atoms with van der Waals surface area (Å²) in [4.78, 5) is 3.61. The number of hydrogen-bond acceptors (Lipinski definition) is 1. The van der Waals surface area contributed by atoms with Crippen molar-refractivity contribution >= 4 is 22.6 Å². The van der Waals surface area contributed by atoms with Gasteiger partial charge in [-0.1, -0.05) is 0 Å². The molecule has 0 unspecified atom stereocenters. The van der Waals surface area contributed by atoms with Crippen molar-refractivity contribution in [1.82, 2.24) is 4.98 Å². The summed E-state index contributed by atoms with van der Waals surface area (Å²) in [7, 11) is 0. The molecular weight excluding hydrogens is 282 g/mol. The van der Waals surface area contributed by atoms with E-state index in [2.05, 4.69) is 4.98 Å². The zero-order chi connectivity index (χ0) is 9.30. The number of nitrogens with zero attached hydrogens (tertiary/aromatic N) is 1. The van der Waals surface area contributed by atoms with Crippen LogP contribution in [0.3, 0.4) is 0 Å². The maximum absolute atomic E-state index is 12.7. The second-order valence-electron chi connectivity index (χ2n) is 2.22. The van der Waals surface area contributed by atoms with Crippen LogP contribution in [-0.2, 0) is 0 Å². The van der Waals surface area contributed by atoms with Gasteiger partial charge in [0.1, 0.15) is 0 Å². The number of alkyl halides is 2. The Morgan fingerprint density at radius 1 is 1.50 bits per heavy atom. The van der Waals surface area contributed by atoms with Crippen LogP contribution in [0, 0.1) is 16.3 Å².